The van der Waals surface area contributed by atoms with Crippen LogP contribution in [-0.4, -0.2) is 16.1 Å². The smallest absolute Gasteiger partial charge is 0.335 e. The molecule has 0 aliphatic rings. The van der Waals surface area contributed by atoms with Gasteiger partial charge in [-0.1, -0.05) is 27.5 Å². The Labute approximate surface area is 125 Å². The average molecular weight is 365 g/mol. The number of aromatic carboxylic acids is 1. The standard InChI is InChI=1S/C12H5BrClF2NO3/c13-6-3-7(15)11(16)8(4-6)20-10-2-5(12(18)19)1-9(14)17-10/h1-4H,(H,18,19). The summed E-state index contributed by atoms with van der Waals surface area (Å²) in [5, 5.41) is 8.72. The van der Waals surface area contributed by atoms with E-state index in [-0.39, 0.29) is 21.1 Å². The van der Waals surface area contributed by atoms with Gasteiger partial charge < -0.3 is 9.84 Å². The topological polar surface area (TPSA) is 59.4 Å². The van der Waals surface area contributed by atoms with E-state index >= 15 is 0 Å². The second-order valence-corrected chi connectivity index (χ2v) is 4.93. The molecule has 0 fully saturated rings. The summed E-state index contributed by atoms with van der Waals surface area (Å²) >= 11 is 8.62. The molecule has 0 radical (unpaired) electrons. The molecule has 20 heavy (non-hydrogen) atoms. The van der Waals surface area contributed by atoms with E-state index in [1.165, 1.54) is 6.07 Å². The quantitative estimate of drug-likeness (QED) is 0.653. The van der Waals surface area contributed by atoms with Gasteiger partial charge in [0.25, 0.3) is 0 Å². The number of halogens is 4. The zero-order valence-corrected chi connectivity index (χ0v) is 11.9. The number of carboxylic acid groups (broad SMARTS) is 1. The average Bonchev–Trinajstić information content (AvgIpc) is 2.34. The van der Waals surface area contributed by atoms with Gasteiger partial charge >= 0.3 is 5.97 Å². The first-order valence-electron chi connectivity index (χ1n) is 5.10. The van der Waals surface area contributed by atoms with Gasteiger partial charge in [0, 0.05) is 10.5 Å². The highest BCUT2D eigenvalue weighted by molar-refractivity contribution is 9.10. The Morgan fingerprint density at radius 1 is 1.30 bits per heavy atom. The maximum absolute atomic E-state index is 13.5. The SMILES string of the molecule is O=C(O)c1cc(Cl)nc(Oc2cc(Br)cc(F)c2F)c1. The fourth-order valence-corrected chi connectivity index (χ4v) is 1.98. The van der Waals surface area contributed by atoms with Crippen LogP contribution in [0.15, 0.2) is 28.7 Å². The highest BCUT2D eigenvalue weighted by Crippen LogP contribution is 2.29. The minimum absolute atomic E-state index is 0.143. The number of carbonyl (C=O) groups is 1. The number of hydrogen-bond acceptors (Lipinski definition) is 3. The van der Waals surface area contributed by atoms with Crippen molar-refractivity contribution < 1.29 is 23.4 Å². The lowest BCUT2D eigenvalue weighted by molar-refractivity contribution is 0.0696. The van der Waals surface area contributed by atoms with Crippen LogP contribution < -0.4 is 4.74 Å². The van der Waals surface area contributed by atoms with E-state index in [9.17, 15) is 13.6 Å². The molecule has 1 heterocycles. The number of hydrogen-bond donors (Lipinski definition) is 1. The van der Waals surface area contributed by atoms with Gasteiger partial charge in [-0.3, -0.25) is 0 Å². The Morgan fingerprint density at radius 3 is 2.65 bits per heavy atom. The highest BCUT2D eigenvalue weighted by Gasteiger charge is 2.15. The highest BCUT2D eigenvalue weighted by atomic mass is 79.9. The lowest BCUT2D eigenvalue weighted by Crippen LogP contribution is -2.00. The number of nitrogens with zero attached hydrogens (tertiary/aromatic N) is 1. The van der Waals surface area contributed by atoms with Gasteiger partial charge in [-0.05, 0) is 18.2 Å². The summed E-state index contributed by atoms with van der Waals surface area (Å²) in [5.74, 6) is -4.28. The second kappa shape index (κ2) is 5.72. The first-order valence-corrected chi connectivity index (χ1v) is 6.27. The lowest BCUT2D eigenvalue weighted by atomic mass is 10.3. The van der Waals surface area contributed by atoms with Crippen LogP contribution >= 0.6 is 27.5 Å². The fraction of sp³-hybridized carbons (Fsp3) is 0. The maximum Gasteiger partial charge on any atom is 0.335 e. The van der Waals surface area contributed by atoms with Crippen molar-refractivity contribution in [3.63, 3.8) is 0 Å². The minimum atomic E-state index is -1.25. The molecule has 2 aromatic rings. The second-order valence-electron chi connectivity index (χ2n) is 3.62. The predicted molar refractivity (Wildman–Crippen MR) is 70.3 cm³/mol. The Kier molecular flexibility index (Phi) is 4.20. The molecule has 0 spiro atoms. The van der Waals surface area contributed by atoms with Crippen LogP contribution in [0.3, 0.4) is 0 Å². The van der Waals surface area contributed by atoms with E-state index in [4.69, 9.17) is 21.4 Å². The van der Waals surface area contributed by atoms with Gasteiger partial charge in [-0.15, -0.1) is 0 Å². The molecule has 0 bridgehead atoms. The summed E-state index contributed by atoms with van der Waals surface area (Å²) in [6.07, 6.45) is 0. The van der Waals surface area contributed by atoms with Gasteiger partial charge in [0.15, 0.2) is 11.6 Å². The third-order valence-electron chi connectivity index (χ3n) is 2.19. The summed E-state index contributed by atoms with van der Waals surface area (Å²) in [6.45, 7) is 0. The molecule has 104 valence electrons. The zero-order chi connectivity index (χ0) is 14.9. The van der Waals surface area contributed by atoms with Crippen molar-refractivity contribution in [1.29, 1.82) is 0 Å². The molecule has 1 aromatic heterocycles. The van der Waals surface area contributed by atoms with Crippen molar-refractivity contribution in [1.82, 2.24) is 4.98 Å². The predicted octanol–water partition coefficient (Wildman–Crippen LogP) is 4.27. The van der Waals surface area contributed by atoms with E-state index in [1.807, 2.05) is 0 Å². The van der Waals surface area contributed by atoms with E-state index < -0.39 is 23.4 Å². The third kappa shape index (κ3) is 3.23. The monoisotopic (exact) mass is 363 g/mol. The van der Waals surface area contributed by atoms with Gasteiger partial charge in [0.1, 0.15) is 5.15 Å². The molecule has 8 heteroatoms. The first kappa shape index (κ1) is 14.7. The van der Waals surface area contributed by atoms with Gasteiger partial charge in [-0.2, -0.15) is 4.39 Å². The minimum Gasteiger partial charge on any atom is -0.478 e. The Bertz CT molecular complexity index is 697. The Balaban J connectivity index is 2.42. The van der Waals surface area contributed by atoms with Crippen molar-refractivity contribution in [2.75, 3.05) is 0 Å². The molecule has 0 aliphatic carbocycles. The van der Waals surface area contributed by atoms with E-state index in [0.29, 0.717) is 0 Å². The van der Waals surface area contributed by atoms with Crippen LogP contribution in [0.25, 0.3) is 0 Å². The van der Waals surface area contributed by atoms with Crippen LogP contribution in [0.4, 0.5) is 8.78 Å². The van der Waals surface area contributed by atoms with Crippen LogP contribution in [0.5, 0.6) is 11.6 Å². The van der Waals surface area contributed by atoms with Crippen LogP contribution in [0.2, 0.25) is 5.15 Å². The van der Waals surface area contributed by atoms with Crippen molar-refractivity contribution in [3.8, 4) is 11.6 Å². The molecule has 0 amide bonds. The van der Waals surface area contributed by atoms with Gasteiger partial charge in [0.2, 0.25) is 11.7 Å². The van der Waals surface area contributed by atoms with Crippen LogP contribution in [0.1, 0.15) is 10.4 Å². The van der Waals surface area contributed by atoms with Gasteiger partial charge in [0.05, 0.1) is 5.56 Å². The summed E-state index contributed by atoms with van der Waals surface area (Å²) < 4.78 is 32.0. The molecule has 0 unspecified atom stereocenters. The molecular formula is C12H5BrClF2NO3. The molecule has 1 N–H and O–H groups in total. The number of rotatable bonds is 3. The number of aromatic nitrogens is 1. The number of benzene rings is 1. The number of pyridine rings is 1. The normalized spacial score (nSPS) is 10.4. The summed E-state index contributed by atoms with van der Waals surface area (Å²) in [7, 11) is 0. The molecular weight excluding hydrogens is 359 g/mol. The Morgan fingerprint density at radius 2 is 2.00 bits per heavy atom. The molecule has 0 saturated heterocycles. The summed E-state index contributed by atoms with van der Waals surface area (Å²) in [6, 6.07) is 4.26. The Hall–Kier alpha value is -1.73. The molecule has 1 aromatic carbocycles. The van der Waals surface area contributed by atoms with Crippen molar-refractivity contribution >= 4 is 33.5 Å². The van der Waals surface area contributed by atoms with Crippen LogP contribution in [-0.2, 0) is 0 Å². The lowest BCUT2D eigenvalue weighted by Gasteiger charge is -2.08. The zero-order valence-electron chi connectivity index (χ0n) is 9.53. The number of ether oxygens (including phenoxy) is 1. The summed E-state index contributed by atoms with van der Waals surface area (Å²) in [4.78, 5) is 14.5. The van der Waals surface area contributed by atoms with E-state index in [1.54, 1.807) is 0 Å². The molecule has 0 saturated carbocycles. The van der Waals surface area contributed by atoms with Gasteiger partial charge in [-0.25, -0.2) is 14.2 Å². The molecule has 0 atom stereocenters. The summed E-state index contributed by atoms with van der Waals surface area (Å²) in [5.41, 5.74) is -0.184. The third-order valence-corrected chi connectivity index (χ3v) is 2.84. The largest absolute Gasteiger partial charge is 0.478 e. The fourth-order valence-electron chi connectivity index (χ4n) is 1.37. The number of carboxylic acids is 1. The molecule has 4 nitrogen and oxygen atoms in total. The first-order chi connectivity index (χ1) is 9.36. The van der Waals surface area contributed by atoms with E-state index in [0.717, 1.165) is 18.2 Å². The van der Waals surface area contributed by atoms with Crippen molar-refractivity contribution in [3.05, 3.63) is 51.1 Å². The van der Waals surface area contributed by atoms with Crippen LogP contribution in [0, 0.1) is 11.6 Å². The molecule has 2 rings (SSSR count). The maximum atomic E-state index is 13.5. The van der Waals surface area contributed by atoms with Crippen molar-refractivity contribution in [2.24, 2.45) is 0 Å². The van der Waals surface area contributed by atoms with E-state index in [2.05, 4.69) is 20.9 Å². The molecule has 0 aliphatic heterocycles. The van der Waals surface area contributed by atoms with Crippen molar-refractivity contribution in [2.45, 2.75) is 0 Å².